The molecule has 1 aromatic carbocycles. The van der Waals surface area contributed by atoms with E-state index in [1.165, 1.54) is 19.1 Å². The molecule has 0 fully saturated rings. The summed E-state index contributed by atoms with van der Waals surface area (Å²) in [4.78, 5) is 11.2. The smallest absolute Gasteiger partial charge is 0.416 e. The van der Waals surface area contributed by atoms with E-state index in [-0.39, 0.29) is 5.56 Å². The fourth-order valence-electron chi connectivity index (χ4n) is 1.66. The van der Waals surface area contributed by atoms with Crippen molar-refractivity contribution in [3.8, 4) is 0 Å². The molecule has 0 aliphatic rings. The highest BCUT2D eigenvalue weighted by atomic mass is 19.4. The van der Waals surface area contributed by atoms with Crippen LogP contribution in [0.1, 0.15) is 25.0 Å². The fraction of sp³-hybridized carbons (Fsp3) is 0.417. The predicted molar refractivity (Wildman–Crippen MR) is 60.1 cm³/mol. The van der Waals surface area contributed by atoms with Crippen molar-refractivity contribution in [3.05, 3.63) is 35.4 Å². The van der Waals surface area contributed by atoms with Gasteiger partial charge in [0.15, 0.2) is 0 Å². The van der Waals surface area contributed by atoms with Crippen LogP contribution in [0.3, 0.4) is 0 Å². The van der Waals surface area contributed by atoms with Gasteiger partial charge in [0, 0.05) is 0 Å². The molecular weight excluding hydrogens is 247 g/mol. The molecule has 0 saturated carbocycles. The molecule has 3 nitrogen and oxygen atoms in total. The van der Waals surface area contributed by atoms with Gasteiger partial charge in [-0.05, 0) is 31.2 Å². The summed E-state index contributed by atoms with van der Waals surface area (Å²) >= 11 is 0. The van der Waals surface area contributed by atoms with Crippen LogP contribution in [0.25, 0.3) is 0 Å². The zero-order valence-corrected chi connectivity index (χ0v) is 10.0. The number of carboxylic acid groups (broad SMARTS) is 1. The van der Waals surface area contributed by atoms with Gasteiger partial charge in [-0.2, -0.15) is 13.2 Å². The Balaban J connectivity index is 3.27. The zero-order chi connectivity index (χ0) is 14.0. The van der Waals surface area contributed by atoms with E-state index < -0.39 is 23.2 Å². The maximum atomic E-state index is 12.6. The van der Waals surface area contributed by atoms with E-state index in [4.69, 9.17) is 5.11 Å². The molecule has 2 N–H and O–H groups in total. The highest BCUT2D eigenvalue weighted by molar-refractivity contribution is 5.80. The first-order valence-corrected chi connectivity index (χ1v) is 5.38. The number of rotatable bonds is 4. The molecule has 0 aromatic heterocycles. The minimum absolute atomic E-state index is 0.0756. The molecule has 0 heterocycles. The summed E-state index contributed by atoms with van der Waals surface area (Å²) in [7, 11) is 0. The van der Waals surface area contributed by atoms with E-state index in [2.05, 4.69) is 5.32 Å². The van der Waals surface area contributed by atoms with Crippen molar-refractivity contribution in [2.45, 2.75) is 25.6 Å². The van der Waals surface area contributed by atoms with E-state index in [0.29, 0.717) is 6.54 Å². The quantitative estimate of drug-likeness (QED) is 0.876. The Morgan fingerprint density at radius 1 is 1.33 bits per heavy atom. The second-order valence-electron chi connectivity index (χ2n) is 4.04. The predicted octanol–water partition coefficient (Wildman–Crippen LogP) is 2.61. The fourth-order valence-corrected chi connectivity index (χ4v) is 1.66. The lowest BCUT2D eigenvalue weighted by Crippen LogP contribution is -2.46. The molecule has 0 aliphatic heterocycles. The lowest BCUT2D eigenvalue weighted by molar-refractivity contribution is -0.145. The van der Waals surface area contributed by atoms with Gasteiger partial charge in [0.2, 0.25) is 0 Å². The number of hydrogen-bond donors (Lipinski definition) is 2. The summed E-state index contributed by atoms with van der Waals surface area (Å²) in [5.41, 5.74) is -2.31. The van der Waals surface area contributed by atoms with Gasteiger partial charge in [0.05, 0.1) is 5.56 Å². The Labute approximate surface area is 103 Å². The number of likely N-dealkylation sites (N-methyl/N-ethyl adjacent to an activating group) is 1. The largest absolute Gasteiger partial charge is 0.480 e. The van der Waals surface area contributed by atoms with Crippen molar-refractivity contribution in [3.63, 3.8) is 0 Å². The van der Waals surface area contributed by atoms with Gasteiger partial charge in [-0.1, -0.05) is 19.1 Å². The van der Waals surface area contributed by atoms with Gasteiger partial charge >= 0.3 is 12.1 Å². The minimum Gasteiger partial charge on any atom is -0.480 e. The first-order valence-electron chi connectivity index (χ1n) is 5.38. The number of carbonyl (C=O) groups is 1. The topological polar surface area (TPSA) is 49.3 Å². The number of hydrogen-bond acceptors (Lipinski definition) is 2. The molecule has 0 radical (unpaired) electrons. The third-order valence-electron chi connectivity index (χ3n) is 2.73. The van der Waals surface area contributed by atoms with Crippen LogP contribution in [0.4, 0.5) is 13.2 Å². The van der Waals surface area contributed by atoms with E-state index in [0.717, 1.165) is 12.1 Å². The molecule has 0 aliphatic carbocycles. The molecule has 0 bridgehead atoms. The summed E-state index contributed by atoms with van der Waals surface area (Å²) < 4.78 is 37.7. The van der Waals surface area contributed by atoms with E-state index >= 15 is 0 Å². The van der Waals surface area contributed by atoms with Crippen molar-refractivity contribution < 1.29 is 23.1 Å². The number of halogens is 3. The summed E-state index contributed by atoms with van der Waals surface area (Å²) in [6, 6.07) is 4.34. The third kappa shape index (κ3) is 2.81. The molecule has 0 saturated heterocycles. The molecule has 1 unspecified atom stereocenters. The SMILES string of the molecule is CCNC(C)(C(=O)O)c1cccc(C(F)(F)F)c1. The normalized spacial score (nSPS) is 15.2. The maximum Gasteiger partial charge on any atom is 0.416 e. The first-order chi connectivity index (χ1) is 8.21. The molecule has 6 heteroatoms. The van der Waals surface area contributed by atoms with Crippen LogP contribution in [-0.4, -0.2) is 17.6 Å². The van der Waals surface area contributed by atoms with Crippen LogP contribution in [0.15, 0.2) is 24.3 Å². The minimum atomic E-state index is -4.48. The highest BCUT2D eigenvalue weighted by Gasteiger charge is 2.37. The van der Waals surface area contributed by atoms with Crippen molar-refractivity contribution in [2.24, 2.45) is 0 Å². The highest BCUT2D eigenvalue weighted by Crippen LogP contribution is 2.32. The van der Waals surface area contributed by atoms with Gasteiger partial charge in [-0.25, -0.2) is 4.79 Å². The lowest BCUT2D eigenvalue weighted by Gasteiger charge is -2.27. The number of benzene rings is 1. The first kappa shape index (κ1) is 14.5. The van der Waals surface area contributed by atoms with Gasteiger partial charge in [0.1, 0.15) is 5.54 Å². The second kappa shape index (κ2) is 4.97. The van der Waals surface area contributed by atoms with Crippen LogP contribution in [0, 0.1) is 0 Å². The Bertz CT molecular complexity index is 445. The van der Waals surface area contributed by atoms with Crippen LogP contribution in [-0.2, 0) is 16.5 Å². The Morgan fingerprint density at radius 3 is 2.33 bits per heavy atom. The lowest BCUT2D eigenvalue weighted by atomic mass is 9.90. The van der Waals surface area contributed by atoms with E-state index in [9.17, 15) is 18.0 Å². The molecule has 0 amide bonds. The van der Waals surface area contributed by atoms with Crippen molar-refractivity contribution in [2.75, 3.05) is 6.54 Å². The summed E-state index contributed by atoms with van der Waals surface area (Å²) in [6.07, 6.45) is -4.48. The third-order valence-corrected chi connectivity index (χ3v) is 2.73. The Morgan fingerprint density at radius 2 is 1.89 bits per heavy atom. The van der Waals surface area contributed by atoms with Crippen molar-refractivity contribution in [1.29, 1.82) is 0 Å². The molecular formula is C12H14F3NO2. The van der Waals surface area contributed by atoms with E-state index in [1.54, 1.807) is 6.92 Å². The molecule has 1 aromatic rings. The van der Waals surface area contributed by atoms with Crippen molar-refractivity contribution >= 4 is 5.97 Å². The average molecular weight is 261 g/mol. The van der Waals surface area contributed by atoms with Crippen LogP contribution < -0.4 is 5.32 Å². The van der Waals surface area contributed by atoms with Crippen LogP contribution >= 0.6 is 0 Å². The second-order valence-corrected chi connectivity index (χ2v) is 4.04. The van der Waals surface area contributed by atoms with Gasteiger partial charge in [-0.15, -0.1) is 0 Å². The number of nitrogens with one attached hydrogen (secondary N) is 1. The van der Waals surface area contributed by atoms with Crippen LogP contribution in [0.2, 0.25) is 0 Å². The van der Waals surface area contributed by atoms with E-state index in [1.807, 2.05) is 0 Å². The molecule has 1 rings (SSSR count). The monoisotopic (exact) mass is 261 g/mol. The standard InChI is InChI=1S/C12H14F3NO2/c1-3-16-11(2,10(17)18)8-5-4-6-9(7-8)12(13,14)15/h4-7,16H,3H2,1-2H3,(H,17,18). The Hall–Kier alpha value is -1.56. The number of alkyl halides is 3. The average Bonchev–Trinajstić information content (AvgIpc) is 2.28. The summed E-state index contributed by atoms with van der Waals surface area (Å²) in [5.74, 6) is -1.22. The number of aliphatic carboxylic acids is 1. The Kier molecular flexibility index (Phi) is 4.01. The van der Waals surface area contributed by atoms with Crippen LogP contribution in [0.5, 0.6) is 0 Å². The molecule has 1 atom stereocenters. The molecule has 18 heavy (non-hydrogen) atoms. The van der Waals surface area contributed by atoms with Gasteiger partial charge in [0.25, 0.3) is 0 Å². The van der Waals surface area contributed by atoms with Gasteiger partial charge < -0.3 is 5.11 Å². The summed E-state index contributed by atoms with van der Waals surface area (Å²) in [6.45, 7) is 3.36. The summed E-state index contributed by atoms with van der Waals surface area (Å²) in [5, 5.41) is 11.9. The van der Waals surface area contributed by atoms with Gasteiger partial charge in [-0.3, -0.25) is 5.32 Å². The molecule has 0 spiro atoms. The maximum absolute atomic E-state index is 12.6. The number of carboxylic acids is 1. The van der Waals surface area contributed by atoms with Crippen molar-refractivity contribution in [1.82, 2.24) is 5.32 Å². The zero-order valence-electron chi connectivity index (χ0n) is 10.0. The molecule has 100 valence electrons.